The average Bonchev–Trinajstić information content (AvgIpc) is 2.48. The number of methoxy groups -OCH3 is 1. The lowest BCUT2D eigenvalue weighted by Crippen LogP contribution is -2.22. The number of carbonyl (C=O) groups excluding carboxylic acids is 1. The summed E-state index contributed by atoms with van der Waals surface area (Å²) in [7, 11) is -2.65. The third-order valence-corrected chi connectivity index (χ3v) is 2.69. The van der Waals surface area contributed by atoms with Gasteiger partial charge in [-0.25, -0.2) is 9.93 Å². The summed E-state index contributed by atoms with van der Waals surface area (Å²) in [5.74, 6) is -0.605. The number of carbonyl (C=O) groups is 1. The topological polar surface area (TPSA) is 98.5 Å². The van der Waals surface area contributed by atoms with E-state index in [1.165, 1.54) is 13.2 Å². The molecule has 0 bridgehead atoms. The van der Waals surface area contributed by atoms with Crippen LogP contribution in [0.1, 0.15) is 9.67 Å². The predicted octanol–water partition coefficient (Wildman–Crippen LogP) is 0.150. The van der Waals surface area contributed by atoms with Crippen molar-refractivity contribution in [3.05, 3.63) is 16.3 Å². The van der Waals surface area contributed by atoms with Crippen molar-refractivity contribution in [2.24, 2.45) is 5.14 Å². The van der Waals surface area contributed by atoms with Crippen LogP contribution in [-0.4, -0.2) is 21.5 Å². The number of nitrogens with two attached hydrogens (primary N) is 1. The van der Waals surface area contributed by atoms with Crippen molar-refractivity contribution < 1.29 is 17.9 Å². The van der Waals surface area contributed by atoms with Crippen LogP contribution in [0.3, 0.4) is 0 Å². The number of ether oxygens (including phenoxy) is 1. The zero-order valence-corrected chi connectivity index (χ0v) is 8.81. The van der Waals surface area contributed by atoms with Crippen LogP contribution in [-0.2, 0) is 14.9 Å². The van der Waals surface area contributed by atoms with Crippen LogP contribution >= 0.6 is 11.3 Å². The van der Waals surface area contributed by atoms with Gasteiger partial charge in [0.25, 0.3) is 10.2 Å². The molecule has 78 valence electrons. The van der Waals surface area contributed by atoms with Crippen molar-refractivity contribution >= 4 is 33.2 Å². The Balaban J connectivity index is 3.00. The molecular weight excluding hydrogens is 228 g/mol. The molecule has 1 aromatic rings. The minimum absolute atomic E-state index is 0.129. The van der Waals surface area contributed by atoms with E-state index in [0.717, 1.165) is 11.3 Å². The Labute approximate surface area is 84.9 Å². The first-order chi connectivity index (χ1) is 6.44. The van der Waals surface area contributed by atoms with E-state index in [9.17, 15) is 13.2 Å². The van der Waals surface area contributed by atoms with Gasteiger partial charge in [0.2, 0.25) is 0 Å². The van der Waals surface area contributed by atoms with E-state index in [1.807, 2.05) is 4.72 Å². The van der Waals surface area contributed by atoms with Crippen molar-refractivity contribution in [3.63, 3.8) is 0 Å². The first-order valence-corrected chi connectivity index (χ1v) is 5.83. The molecule has 0 radical (unpaired) electrons. The fourth-order valence-corrected chi connectivity index (χ4v) is 2.10. The summed E-state index contributed by atoms with van der Waals surface area (Å²) in [6.07, 6.45) is 0. The van der Waals surface area contributed by atoms with Gasteiger partial charge in [-0.3, -0.25) is 4.72 Å². The van der Waals surface area contributed by atoms with Crippen LogP contribution in [0.15, 0.2) is 11.4 Å². The normalized spacial score (nSPS) is 11.0. The fourth-order valence-electron chi connectivity index (χ4n) is 0.794. The van der Waals surface area contributed by atoms with Gasteiger partial charge in [-0.1, -0.05) is 0 Å². The summed E-state index contributed by atoms with van der Waals surface area (Å²) in [5.41, 5.74) is 0.129. The molecule has 0 saturated heterocycles. The monoisotopic (exact) mass is 236 g/mol. The highest BCUT2D eigenvalue weighted by Gasteiger charge is 2.15. The van der Waals surface area contributed by atoms with E-state index in [2.05, 4.69) is 4.74 Å². The molecule has 6 nitrogen and oxygen atoms in total. The number of nitrogens with one attached hydrogen (secondary N) is 1. The summed E-state index contributed by atoms with van der Waals surface area (Å²) in [4.78, 5) is 11.3. The van der Waals surface area contributed by atoms with Gasteiger partial charge >= 0.3 is 5.97 Å². The molecule has 8 heteroatoms. The maximum absolute atomic E-state index is 11.1. The molecule has 1 heterocycles. The van der Waals surface area contributed by atoms with E-state index in [-0.39, 0.29) is 10.6 Å². The minimum atomic E-state index is -3.86. The zero-order valence-electron chi connectivity index (χ0n) is 7.18. The highest BCUT2D eigenvalue weighted by Crippen LogP contribution is 2.23. The Morgan fingerprint density at radius 1 is 1.64 bits per heavy atom. The standard InChI is InChI=1S/C6H8N2O4S2/c1-12-6(9)5-4(2-3-13-5)8-14(7,10)11/h2-3,8H,1H3,(H2,7,10,11). The van der Waals surface area contributed by atoms with Crippen LogP contribution < -0.4 is 9.86 Å². The van der Waals surface area contributed by atoms with Crippen molar-refractivity contribution in [1.82, 2.24) is 0 Å². The fraction of sp³-hybridized carbons (Fsp3) is 0.167. The molecule has 0 unspecified atom stereocenters. The van der Waals surface area contributed by atoms with Gasteiger partial charge in [-0.15, -0.1) is 11.3 Å². The molecule has 0 spiro atoms. The van der Waals surface area contributed by atoms with Crippen molar-refractivity contribution in [3.8, 4) is 0 Å². The zero-order chi connectivity index (χ0) is 10.8. The maximum Gasteiger partial charge on any atom is 0.350 e. The molecule has 1 rings (SSSR count). The Bertz CT molecular complexity index is 436. The van der Waals surface area contributed by atoms with Gasteiger partial charge in [0.1, 0.15) is 4.88 Å². The Morgan fingerprint density at radius 2 is 2.29 bits per heavy atom. The maximum atomic E-state index is 11.1. The van der Waals surface area contributed by atoms with Crippen molar-refractivity contribution in [2.75, 3.05) is 11.8 Å². The van der Waals surface area contributed by atoms with E-state index >= 15 is 0 Å². The number of hydrogen-bond acceptors (Lipinski definition) is 5. The number of hydrogen-bond donors (Lipinski definition) is 2. The highest BCUT2D eigenvalue weighted by molar-refractivity contribution is 7.90. The third kappa shape index (κ3) is 2.69. The Hall–Kier alpha value is -1.12. The molecule has 14 heavy (non-hydrogen) atoms. The summed E-state index contributed by atoms with van der Waals surface area (Å²) in [6, 6.07) is 1.43. The van der Waals surface area contributed by atoms with Crippen LogP contribution in [0.4, 0.5) is 5.69 Å². The summed E-state index contributed by atoms with van der Waals surface area (Å²) >= 11 is 1.07. The smallest absolute Gasteiger partial charge is 0.350 e. The quantitative estimate of drug-likeness (QED) is 0.730. The summed E-state index contributed by atoms with van der Waals surface area (Å²) in [6.45, 7) is 0. The molecule has 0 fully saturated rings. The van der Waals surface area contributed by atoms with Crippen LogP contribution in [0.2, 0.25) is 0 Å². The molecule has 0 atom stereocenters. The summed E-state index contributed by atoms with van der Waals surface area (Å²) < 4.78 is 27.8. The van der Waals surface area contributed by atoms with Crippen molar-refractivity contribution in [1.29, 1.82) is 0 Å². The lowest BCUT2D eigenvalue weighted by atomic mass is 10.4. The molecular formula is C6H8N2O4S2. The lowest BCUT2D eigenvalue weighted by Gasteiger charge is -2.02. The SMILES string of the molecule is COC(=O)c1sccc1NS(N)(=O)=O. The van der Waals surface area contributed by atoms with Crippen LogP contribution in [0.5, 0.6) is 0 Å². The van der Waals surface area contributed by atoms with E-state index in [4.69, 9.17) is 5.14 Å². The van der Waals surface area contributed by atoms with Gasteiger partial charge in [0.15, 0.2) is 0 Å². The first-order valence-electron chi connectivity index (χ1n) is 3.40. The van der Waals surface area contributed by atoms with Crippen molar-refractivity contribution in [2.45, 2.75) is 0 Å². The molecule has 3 N–H and O–H groups in total. The van der Waals surface area contributed by atoms with E-state index in [1.54, 1.807) is 5.38 Å². The Morgan fingerprint density at radius 3 is 2.79 bits per heavy atom. The van der Waals surface area contributed by atoms with E-state index < -0.39 is 16.2 Å². The second kappa shape index (κ2) is 3.95. The molecule has 0 aliphatic carbocycles. The summed E-state index contributed by atoms with van der Waals surface area (Å²) in [5, 5.41) is 6.31. The molecule has 0 aromatic carbocycles. The molecule has 0 amide bonds. The molecule has 0 aliphatic heterocycles. The van der Waals surface area contributed by atoms with Gasteiger partial charge < -0.3 is 4.74 Å². The largest absolute Gasteiger partial charge is 0.465 e. The first kappa shape index (κ1) is 11.0. The third-order valence-electron chi connectivity index (χ3n) is 1.29. The van der Waals surface area contributed by atoms with Gasteiger partial charge in [-0.2, -0.15) is 8.42 Å². The average molecular weight is 236 g/mol. The number of thiophene rings is 1. The molecule has 0 saturated carbocycles. The minimum Gasteiger partial charge on any atom is -0.465 e. The van der Waals surface area contributed by atoms with Gasteiger partial charge in [-0.05, 0) is 11.4 Å². The Kier molecular flexibility index (Phi) is 3.09. The van der Waals surface area contributed by atoms with Crippen LogP contribution in [0.25, 0.3) is 0 Å². The number of esters is 1. The predicted molar refractivity (Wildman–Crippen MR) is 52.4 cm³/mol. The lowest BCUT2D eigenvalue weighted by molar-refractivity contribution is 0.0607. The second-order valence-electron chi connectivity index (χ2n) is 2.30. The van der Waals surface area contributed by atoms with E-state index in [0.29, 0.717) is 0 Å². The highest BCUT2D eigenvalue weighted by atomic mass is 32.2. The second-order valence-corrected chi connectivity index (χ2v) is 4.51. The number of rotatable bonds is 3. The number of anilines is 1. The molecule has 0 aliphatic rings. The van der Waals surface area contributed by atoms with Gasteiger partial charge in [0, 0.05) is 0 Å². The van der Waals surface area contributed by atoms with Crippen LogP contribution in [0, 0.1) is 0 Å². The van der Waals surface area contributed by atoms with Gasteiger partial charge in [0.05, 0.1) is 12.8 Å². The molecule has 1 aromatic heterocycles.